The fourth-order valence-corrected chi connectivity index (χ4v) is 3.91. The fraction of sp³-hybridized carbons (Fsp3) is 0.375. The number of benzene rings is 2. The standard InChI is InChI=1S/C24H26N2O5/c1-15(2)22(16-8-9-19-20(14-16)31-13-5-12-30-19)25-21(27)10-11-26-23(28)17-6-3-4-7-18(17)24(26)29/h3-4,6-9,14-15,22H,5,10-13H2,1-2H3,(H,25,27). The molecule has 1 N–H and O–H groups in total. The van der Waals surface area contributed by atoms with Gasteiger partial charge in [-0.2, -0.15) is 0 Å². The van der Waals surface area contributed by atoms with E-state index in [4.69, 9.17) is 9.47 Å². The minimum Gasteiger partial charge on any atom is -0.490 e. The third kappa shape index (κ3) is 4.26. The van der Waals surface area contributed by atoms with E-state index in [9.17, 15) is 14.4 Å². The topological polar surface area (TPSA) is 84.9 Å². The van der Waals surface area contributed by atoms with Crippen LogP contribution in [0.2, 0.25) is 0 Å². The second-order valence-corrected chi connectivity index (χ2v) is 8.10. The fourth-order valence-electron chi connectivity index (χ4n) is 3.91. The van der Waals surface area contributed by atoms with Crippen molar-refractivity contribution < 1.29 is 23.9 Å². The first-order valence-electron chi connectivity index (χ1n) is 10.6. The zero-order valence-corrected chi connectivity index (χ0v) is 17.7. The lowest BCUT2D eigenvalue weighted by Crippen LogP contribution is -2.37. The second kappa shape index (κ2) is 8.79. The molecule has 0 radical (unpaired) electrons. The van der Waals surface area contributed by atoms with E-state index in [0.717, 1.165) is 16.9 Å². The number of ether oxygens (including phenoxy) is 2. The van der Waals surface area contributed by atoms with Gasteiger partial charge in [-0.05, 0) is 35.7 Å². The van der Waals surface area contributed by atoms with Crippen LogP contribution >= 0.6 is 0 Å². The van der Waals surface area contributed by atoms with Crippen LogP contribution in [-0.2, 0) is 4.79 Å². The highest BCUT2D eigenvalue weighted by atomic mass is 16.5. The lowest BCUT2D eigenvalue weighted by molar-refractivity contribution is -0.122. The van der Waals surface area contributed by atoms with Gasteiger partial charge in [0.05, 0.1) is 30.4 Å². The predicted octanol–water partition coefficient (Wildman–Crippen LogP) is 3.35. The number of hydrogen-bond acceptors (Lipinski definition) is 5. The largest absolute Gasteiger partial charge is 0.490 e. The number of hydrogen-bond donors (Lipinski definition) is 1. The van der Waals surface area contributed by atoms with E-state index >= 15 is 0 Å². The Balaban J connectivity index is 1.42. The van der Waals surface area contributed by atoms with Crippen molar-refractivity contribution in [1.29, 1.82) is 0 Å². The molecule has 0 fully saturated rings. The zero-order valence-electron chi connectivity index (χ0n) is 17.7. The summed E-state index contributed by atoms with van der Waals surface area (Å²) in [5.74, 6) is 0.602. The number of amides is 3. The minimum absolute atomic E-state index is 0.0409. The van der Waals surface area contributed by atoms with Crippen molar-refractivity contribution in [3.63, 3.8) is 0 Å². The quantitative estimate of drug-likeness (QED) is 0.722. The summed E-state index contributed by atoms with van der Waals surface area (Å²) in [6.45, 7) is 5.31. The summed E-state index contributed by atoms with van der Waals surface area (Å²) < 4.78 is 11.5. The number of nitrogens with one attached hydrogen (secondary N) is 1. The molecule has 0 spiro atoms. The molecule has 0 bridgehead atoms. The maximum atomic E-state index is 12.7. The predicted molar refractivity (Wildman–Crippen MR) is 114 cm³/mol. The third-order valence-corrected chi connectivity index (χ3v) is 5.55. The summed E-state index contributed by atoms with van der Waals surface area (Å²) in [6.07, 6.45) is 0.866. The van der Waals surface area contributed by atoms with Gasteiger partial charge >= 0.3 is 0 Å². The van der Waals surface area contributed by atoms with Crippen molar-refractivity contribution in [2.45, 2.75) is 32.7 Å². The molecule has 162 valence electrons. The lowest BCUT2D eigenvalue weighted by Gasteiger charge is -2.24. The van der Waals surface area contributed by atoms with Crippen LogP contribution in [0.4, 0.5) is 0 Å². The van der Waals surface area contributed by atoms with Gasteiger partial charge in [0.2, 0.25) is 5.91 Å². The van der Waals surface area contributed by atoms with E-state index < -0.39 is 0 Å². The number of carbonyl (C=O) groups excluding carboxylic acids is 3. The molecule has 0 saturated heterocycles. The number of fused-ring (bicyclic) bond motifs is 2. The van der Waals surface area contributed by atoms with E-state index in [2.05, 4.69) is 5.32 Å². The van der Waals surface area contributed by atoms with Gasteiger partial charge < -0.3 is 14.8 Å². The van der Waals surface area contributed by atoms with Gasteiger partial charge in [0.25, 0.3) is 11.8 Å². The van der Waals surface area contributed by atoms with Crippen molar-refractivity contribution in [2.24, 2.45) is 5.92 Å². The van der Waals surface area contributed by atoms with E-state index in [1.807, 2.05) is 32.0 Å². The molecule has 2 heterocycles. The third-order valence-electron chi connectivity index (χ3n) is 5.55. The number of imide groups is 1. The maximum absolute atomic E-state index is 12.7. The molecule has 7 heteroatoms. The van der Waals surface area contributed by atoms with Gasteiger partial charge in [-0.1, -0.05) is 32.0 Å². The van der Waals surface area contributed by atoms with Crippen molar-refractivity contribution >= 4 is 17.7 Å². The van der Waals surface area contributed by atoms with E-state index in [0.29, 0.717) is 35.8 Å². The Morgan fingerprint density at radius 1 is 1.00 bits per heavy atom. The summed E-state index contributed by atoms with van der Waals surface area (Å²) >= 11 is 0. The average Bonchev–Trinajstić information content (AvgIpc) is 2.91. The Hall–Kier alpha value is -3.35. The highest BCUT2D eigenvalue weighted by Crippen LogP contribution is 2.34. The molecule has 7 nitrogen and oxygen atoms in total. The molecule has 31 heavy (non-hydrogen) atoms. The molecule has 0 saturated carbocycles. The SMILES string of the molecule is CC(C)C(NC(=O)CCN1C(=O)c2ccccc2C1=O)c1ccc2c(c1)OCCCO2. The van der Waals surface area contributed by atoms with Crippen LogP contribution in [0.1, 0.15) is 59.0 Å². The van der Waals surface area contributed by atoms with Gasteiger partial charge in [-0.25, -0.2) is 0 Å². The van der Waals surface area contributed by atoms with Crippen molar-refractivity contribution in [2.75, 3.05) is 19.8 Å². The first-order valence-corrected chi connectivity index (χ1v) is 10.6. The van der Waals surface area contributed by atoms with Crippen molar-refractivity contribution in [1.82, 2.24) is 10.2 Å². The molecular weight excluding hydrogens is 396 g/mol. The summed E-state index contributed by atoms with van der Waals surface area (Å²) in [7, 11) is 0. The molecule has 4 rings (SSSR count). The van der Waals surface area contributed by atoms with Crippen LogP contribution in [0.25, 0.3) is 0 Å². The summed E-state index contributed by atoms with van der Waals surface area (Å²) in [6, 6.07) is 12.2. The van der Waals surface area contributed by atoms with Gasteiger partial charge in [0, 0.05) is 19.4 Å². The summed E-state index contributed by atoms with van der Waals surface area (Å²) in [4.78, 5) is 38.8. The monoisotopic (exact) mass is 422 g/mol. The Labute approximate surface area is 181 Å². The first-order chi connectivity index (χ1) is 15.0. The highest BCUT2D eigenvalue weighted by Gasteiger charge is 2.35. The Morgan fingerprint density at radius 2 is 1.65 bits per heavy atom. The Bertz CT molecular complexity index is 982. The molecular formula is C24H26N2O5. The minimum atomic E-state index is -0.350. The van der Waals surface area contributed by atoms with E-state index in [-0.39, 0.29) is 42.6 Å². The van der Waals surface area contributed by atoms with E-state index in [1.165, 1.54) is 0 Å². The Kier molecular flexibility index (Phi) is 5.93. The van der Waals surface area contributed by atoms with Crippen LogP contribution in [0.5, 0.6) is 11.5 Å². The molecule has 0 aliphatic carbocycles. The van der Waals surface area contributed by atoms with Crippen LogP contribution in [0, 0.1) is 5.92 Å². The molecule has 0 aromatic heterocycles. The summed E-state index contributed by atoms with van der Waals surface area (Å²) in [5, 5.41) is 3.05. The smallest absolute Gasteiger partial charge is 0.261 e. The Morgan fingerprint density at radius 3 is 2.29 bits per heavy atom. The van der Waals surface area contributed by atoms with Crippen LogP contribution in [0.15, 0.2) is 42.5 Å². The molecule has 1 atom stereocenters. The van der Waals surface area contributed by atoms with Crippen molar-refractivity contribution in [3.05, 3.63) is 59.2 Å². The summed E-state index contributed by atoms with van der Waals surface area (Å²) in [5.41, 5.74) is 1.70. The molecule has 2 aliphatic rings. The maximum Gasteiger partial charge on any atom is 0.261 e. The zero-order chi connectivity index (χ0) is 22.0. The first kappa shape index (κ1) is 20.9. The molecule has 2 aliphatic heterocycles. The van der Waals surface area contributed by atoms with Crippen LogP contribution < -0.4 is 14.8 Å². The number of carbonyl (C=O) groups is 3. The second-order valence-electron chi connectivity index (χ2n) is 8.10. The highest BCUT2D eigenvalue weighted by molar-refractivity contribution is 6.21. The van der Waals surface area contributed by atoms with Gasteiger partial charge in [-0.15, -0.1) is 0 Å². The lowest BCUT2D eigenvalue weighted by atomic mass is 9.95. The van der Waals surface area contributed by atoms with Crippen LogP contribution in [-0.4, -0.2) is 42.4 Å². The number of rotatable bonds is 6. The van der Waals surface area contributed by atoms with Gasteiger partial charge in [-0.3, -0.25) is 19.3 Å². The number of nitrogens with zero attached hydrogens (tertiary/aromatic N) is 1. The van der Waals surface area contributed by atoms with Gasteiger partial charge in [0.15, 0.2) is 11.5 Å². The van der Waals surface area contributed by atoms with Crippen molar-refractivity contribution in [3.8, 4) is 11.5 Å². The van der Waals surface area contributed by atoms with Gasteiger partial charge in [0.1, 0.15) is 0 Å². The average molecular weight is 422 g/mol. The molecule has 3 amide bonds. The molecule has 1 unspecified atom stereocenters. The van der Waals surface area contributed by atoms with E-state index in [1.54, 1.807) is 24.3 Å². The normalized spacial score (nSPS) is 16.2. The molecule has 2 aromatic rings. The van der Waals surface area contributed by atoms with Crippen LogP contribution in [0.3, 0.4) is 0 Å². The molecule has 2 aromatic carbocycles.